The minimum Gasteiger partial charge on any atom is -0.466 e. The Morgan fingerprint density at radius 3 is 2.57 bits per heavy atom. The minimum atomic E-state index is -0.474. The number of hydrogen-bond acceptors (Lipinski definition) is 3. The van der Waals surface area contributed by atoms with E-state index in [0.29, 0.717) is 6.61 Å². The second kappa shape index (κ2) is 5.35. The molecule has 0 heterocycles. The van der Waals surface area contributed by atoms with Crippen LogP contribution in [-0.4, -0.2) is 23.3 Å². The van der Waals surface area contributed by atoms with Crippen LogP contribution in [-0.2, 0) is 9.53 Å². The van der Waals surface area contributed by atoms with Gasteiger partial charge in [-0.3, -0.25) is 4.79 Å². The van der Waals surface area contributed by atoms with Crippen molar-refractivity contribution in [2.24, 2.45) is 0 Å². The number of rotatable bonds is 4. The zero-order valence-corrected chi connectivity index (χ0v) is 8.92. The van der Waals surface area contributed by atoms with Crippen LogP contribution in [0.2, 0.25) is 0 Å². The van der Waals surface area contributed by atoms with Gasteiger partial charge in [0.15, 0.2) is 0 Å². The van der Waals surface area contributed by atoms with E-state index in [-0.39, 0.29) is 5.97 Å². The number of hydrogen-bond donors (Lipinski definition) is 1. The van der Waals surface area contributed by atoms with E-state index < -0.39 is 5.60 Å². The zero-order valence-electron chi connectivity index (χ0n) is 8.92. The number of esters is 1. The fourth-order valence-electron chi connectivity index (χ4n) is 2.08. The van der Waals surface area contributed by atoms with Crippen LogP contribution in [0.25, 0.3) is 0 Å². The molecule has 1 rings (SSSR count). The molecule has 1 aliphatic carbocycles. The lowest BCUT2D eigenvalue weighted by atomic mass is 9.82. The summed E-state index contributed by atoms with van der Waals surface area (Å²) >= 11 is 0. The van der Waals surface area contributed by atoms with Crippen molar-refractivity contribution in [2.45, 2.75) is 57.5 Å². The van der Waals surface area contributed by atoms with E-state index in [2.05, 4.69) is 0 Å². The molecule has 0 bridgehead atoms. The summed E-state index contributed by atoms with van der Waals surface area (Å²) in [6.07, 6.45) is 6.86. The Labute approximate surface area is 85.5 Å². The van der Waals surface area contributed by atoms with Gasteiger partial charge in [-0.2, -0.15) is 0 Å². The Kier molecular flexibility index (Phi) is 4.39. The van der Waals surface area contributed by atoms with Gasteiger partial charge in [0, 0.05) is 6.92 Å². The third-order valence-corrected chi connectivity index (χ3v) is 2.88. The van der Waals surface area contributed by atoms with Crippen molar-refractivity contribution in [1.29, 1.82) is 0 Å². The maximum Gasteiger partial charge on any atom is 0.302 e. The van der Waals surface area contributed by atoms with E-state index in [9.17, 15) is 9.90 Å². The molecule has 0 radical (unpaired) electrons. The lowest BCUT2D eigenvalue weighted by Crippen LogP contribution is -2.31. The molecule has 0 aromatic rings. The second-order valence-corrected chi connectivity index (χ2v) is 4.23. The Balaban J connectivity index is 2.12. The molecule has 82 valence electrons. The number of carbonyl (C=O) groups is 1. The Morgan fingerprint density at radius 1 is 1.36 bits per heavy atom. The topological polar surface area (TPSA) is 46.5 Å². The van der Waals surface area contributed by atoms with Crippen molar-refractivity contribution < 1.29 is 14.6 Å². The minimum absolute atomic E-state index is 0.236. The van der Waals surface area contributed by atoms with Gasteiger partial charge in [-0.15, -0.1) is 0 Å². The summed E-state index contributed by atoms with van der Waals surface area (Å²) in [5.74, 6) is -0.236. The third kappa shape index (κ3) is 4.09. The summed E-state index contributed by atoms with van der Waals surface area (Å²) in [7, 11) is 0. The van der Waals surface area contributed by atoms with Crippen LogP contribution in [0.15, 0.2) is 0 Å². The van der Waals surface area contributed by atoms with E-state index in [1.807, 2.05) is 0 Å². The van der Waals surface area contributed by atoms with Gasteiger partial charge in [0.1, 0.15) is 0 Å². The van der Waals surface area contributed by atoms with Gasteiger partial charge in [0.25, 0.3) is 0 Å². The van der Waals surface area contributed by atoms with Crippen molar-refractivity contribution in [2.75, 3.05) is 6.61 Å². The molecule has 0 unspecified atom stereocenters. The van der Waals surface area contributed by atoms with Crippen molar-refractivity contribution in [3.8, 4) is 0 Å². The Hall–Kier alpha value is -0.570. The summed E-state index contributed by atoms with van der Waals surface area (Å²) in [5.41, 5.74) is -0.474. The fraction of sp³-hybridized carbons (Fsp3) is 0.909. The number of aliphatic hydroxyl groups is 1. The van der Waals surface area contributed by atoms with Gasteiger partial charge in [0.2, 0.25) is 0 Å². The molecule has 0 saturated heterocycles. The van der Waals surface area contributed by atoms with Crippen LogP contribution in [0.4, 0.5) is 0 Å². The molecule has 3 nitrogen and oxygen atoms in total. The van der Waals surface area contributed by atoms with Crippen LogP contribution < -0.4 is 0 Å². The molecule has 3 heteroatoms. The van der Waals surface area contributed by atoms with Crippen molar-refractivity contribution in [3.05, 3.63) is 0 Å². The van der Waals surface area contributed by atoms with Crippen molar-refractivity contribution >= 4 is 5.97 Å². The first-order chi connectivity index (χ1) is 6.62. The average Bonchev–Trinajstić information content (AvgIpc) is 2.14. The summed E-state index contributed by atoms with van der Waals surface area (Å²) in [6, 6.07) is 0. The number of ether oxygens (including phenoxy) is 1. The molecule has 14 heavy (non-hydrogen) atoms. The predicted octanol–water partition coefficient (Wildman–Crippen LogP) is 2.02. The molecule has 1 saturated carbocycles. The van der Waals surface area contributed by atoms with Crippen molar-refractivity contribution in [3.63, 3.8) is 0 Å². The molecule has 0 aromatic heterocycles. The first-order valence-corrected chi connectivity index (χ1v) is 5.48. The average molecular weight is 200 g/mol. The predicted molar refractivity (Wildman–Crippen MR) is 53.9 cm³/mol. The van der Waals surface area contributed by atoms with Crippen LogP contribution >= 0.6 is 0 Å². The van der Waals surface area contributed by atoms with Crippen LogP contribution in [0, 0.1) is 0 Å². The summed E-state index contributed by atoms with van der Waals surface area (Å²) in [5, 5.41) is 10.1. The maximum atomic E-state index is 10.5. The quantitative estimate of drug-likeness (QED) is 0.558. The van der Waals surface area contributed by atoms with Crippen LogP contribution in [0.3, 0.4) is 0 Å². The second-order valence-electron chi connectivity index (χ2n) is 4.23. The van der Waals surface area contributed by atoms with Gasteiger partial charge < -0.3 is 9.84 Å². The van der Waals surface area contributed by atoms with Gasteiger partial charge in [0.05, 0.1) is 12.2 Å². The molecular weight excluding hydrogens is 180 g/mol. The highest BCUT2D eigenvalue weighted by molar-refractivity contribution is 5.65. The standard InChI is InChI=1S/C11H20O3/c1-10(12)14-9-5-8-11(13)6-3-2-4-7-11/h13H,2-9H2,1H3. The van der Waals surface area contributed by atoms with Crippen LogP contribution in [0.5, 0.6) is 0 Å². The fourth-order valence-corrected chi connectivity index (χ4v) is 2.08. The number of carbonyl (C=O) groups excluding carboxylic acids is 1. The molecule has 0 aliphatic heterocycles. The van der Waals surface area contributed by atoms with E-state index in [1.165, 1.54) is 13.3 Å². The van der Waals surface area contributed by atoms with Crippen LogP contribution in [0.1, 0.15) is 51.9 Å². The monoisotopic (exact) mass is 200 g/mol. The first kappa shape index (κ1) is 11.5. The highest BCUT2D eigenvalue weighted by Gasteiger charge is 2.28. The first-order valence-electron chi connectivity index (χ1n) is 5.48. The SMILES string of the molecule is CC(=O)OCCCC1(O)CCCCC1. The Morgan fingerprint density at radius 2 is 2.00 bits per heavy atom. The lowest BCUT2D eigenvalue weighted by molar-refractivity contribution is -0.141. The Bertz CT molecular complexity index is 183. The highest BCUT2D eigenvalue weighted by atomic mass is 16.5. The van der Waals surface area contributed by atoms with E-state index in [1.54, 1.807) is 0 Å². The van der Waals surface area contributed by atoms with Gasteiger partial charge in [-0.25, -0.2) is 0 Å². The van der Waals surface area contributed by atoms with Gasteiger partial charge in [-0.05, 0) is 25.7 Å². The maximum absolute atomic E-state index is 10.5. The molecule has 0 aromatic carbocycles. The largest absolute Gasteiger partial charge is 0.466 e. The van der Waals surface area contributed by atoms with Gasteiger partial charge >= 0.3 is 5.97 Å². The highest BCUT2D eigenvalue weighted by Crippen LogP contribution is 2.31. The van der Waals surface area contributed by atoms with E-state index >= 15 is 0 Å². The summed E-state index contributed by atoms with van der Waals surface area (Å²) in [4.78, 5) is 10.5. The smallest absolute Gasteiger partial charge is 0.302 e. The molecular formula is C11H20O3. The molecule has 1 aliphatic rings. The van der Waals surface area contributed by atoms with E-state index in [4.69, 9.17) is 4.74 Å². The normalized spacial score (nSPS) is 20.4. The third-order valence-electron chi connectivity index (χ3n) is 2.88. The lowest BCUT2D eigenvalue weighted by Gasteiger charge is -2.31. The van der Waals surface area contributed by atoms with Gasteiger partial charge in [-0.1, -0.05) is 19.3 Å². The van der Waals surface area contributed by atoms with E-state index in [0.717, 1.165) is 38.5 Å². The van der Waals surface area contributed by atoms with Crippen molar-refractivity contribution in [1.82, 2.24) is 0 Å². The summed E-state index contributed by atoms with van der Waals surface area (Å²) < 4.78 is 4.83. The molecule has 0 atom stereocenters. The molecule has 1 fully saturated rings. The summed E-state index contributed by atoms with van der Waals surface area (Å²) in [6.45, 7) is 1.85. The molecule has 1 N–H and O–H groups in total. The molecule has 0 spiro atoms. The molecule has 0 amide bonds. The zero-order chi connectivity index (χ0) is 10.4.